The summed E-state index contributed by atoms with van der Waals surface area (Å²) in [5, 5.41) is 12.6. The minimum absolute atomic E-state index is 0.184. The Balaban J connectivity index is 1.93. The van der Waals surface area contributed by atoms with E-state index in [0.717, 1.165) is 19.3 Å². The van der Waals surface area contributed by atoms with Crippen LogP contribution in [0.15, 0.2) is 24.3 Å². The minimum atomic E-state index is -0.281. The molecule has 1 aliphatic rings. The molecule has 5 heteroatoms. The number of para-hydroxylation sites is 2. The van der Waals surface area contributed by atoms with Crippen molar-refractivity contribution in [3.05, 3.63) is 24.3 Å². The highest BCUT2D eigenvalue weighted by atomic mass is 16.5. The summed E-state index contributed by atoms with van der Waals surface area (Å²) in [6.07, 6.45) is 2.57. The van der Waals surface area contributed by atoms with Crippen molar-refractivity contribution < 1.29 is 14.6 Å². The third-order valence-electron chi connectivity index (χ3n) is 3.82. The monoisotopic (exact) mass is 278 g/mol. The van der Waals surface area contributed by atoms with E-state index in [-0.39, 0.29) is 18.1 Å². The van der Waals surface area contributed by atoms with Crippen molar-refractivity contribution in [3.63, 3.8) is 0 Å². The van der Waals surface area contributed by atoms with Gasteiger partial charge in [0.25, 0.3) is 0 Å². The van der Waals surface area contributed by atoms with Crippen LogP contribution in [0, 0.1) is 5.92 Å². The van der Waals surface area contributed by atoms with Gasteiger partial charge >= 0.3 is 6.03 Å². The molecule has 2 amide bonds. The molecule has 1 aromatic rings. The largest absolute Gasteiger partial charge is 0.495 e. The molecule has 110 valence electrons. The molecule has 1 aromatic carbocycles. The van der Waals surface area contributed by atoms with E-state index >= 15 is 0 Å². The summed E-state index contributed by atoms with van der Waals surface area (Å²) in [4.78, 5) is 13.8. The van der Waals surface area contributed by atoms with Gasteiger partial charge in [0.15, 0.2) is 0 Å². The number of amides is 2. The lowest BCUT2D eigenvalue weighted by atomic mass is 10.1. The van der Waals surface area contributed by atoms with Gasteiger partial charge in [0.1, 0.15) is 5.75 Å². The quantitative estimate of drug-likeness (QED) is 0.888. The molecule has 0 spiro atoms. The predicted molar refractivity (Wildman–Crippen MR) is 78.0 cm³/mol. The highest BCUT2D eigenvalue weighted by molar-refractivity contribution is 5.90. The van der Waals surface area contributed by atoms with Crippen molar-refractivity contribution in [2.24, 2.45) is 5.92 Å². The van der Waals surface area contributed by atoms with Crippen LogP contribution < -0.4 is 10.1 Å². The van der Waals surface area contributed by atoms with Crippen LogP contribution >= 0.6 is 0 Å². The van der Waals surface area contributed by atoms with Crippen molar-refractivity contribution in [1.82, 2.24) is 4.90 Å². The zero-order valence-electron chi connectivity index (χ0n) is 12.0. The van der Waals surface area contributed by atoms with Gasteiger partial charge in [0.05, 0.1) is 18.9 Å². The summed E-state index contributed by atoms with van der Waals surface area (Å²) in [5.41, 5.74) is 0.652. The molecule has 2 unspecified atom stereocenters. The van der Waals surface area contributed by atoms with Crippen LogP contribution in [-0.4, -0.2) is 42.8 Å². The number of methoxy groups -OCH3 is 1. The number of urea groups is 1. The van der Waals surface area contributed by atoms with Crippen LogP contribution in [0.3, 0.4) is 0 Å². The van der Waals surface area contributed by atoms with Crippen molar-refractivity contribution >= 4 is 11.7 Å². The van der Waals surface area contributed by atoms with Gasteiger partial charge in [0.2, 0.25) is 0 Å². The van der Waals surface area contributed by atoms with Crippen LogP contribution in [0.4, 0.5) is 10.5 Å². The molecule has 0 aliphatic heterocycles. The summed E-state index contributed by atoms with van der Waals surface area (Å²) in [6.45, 7) is 0.572. The van der Waals surface area contributed by atoms with Gasteiger partial charge in [-0.1, -0.05) is 18.6 Å². The van der Waals surface area contributed by atoms with E-state index in [9.17, 15) is 9.90 Å². The summed E-state index contributed by atoms with van der Waals surface area (Å²) in [5.74, 6) is 0.818. The average molecular weight is 278 g/mol. The number of aliphatic hydroxyl groups excluding tert-OH is 1. The number of ether oxygens (including phenoxy) is 1. The van der Waals surface area contributed by atoms with Crippen LogP contribution in [0.25, 0.3) is 0 Å². The zero-order valence-corrected chi connectivity index (χ0v) is 12.0. The summed E-state index contributed by atoms with van der Waals surface area (Å²) < 4.78 is 5.20. The van der Waals surface area contributed by atoms with E-state index in [4.69, 9.17) is 4.74 Å². The lowest BCUT2D eigenvalue weighted by Gasteiger charge is -2.24. The second-order valence-electron chi connectivity index (χ2n) is 5.27. The minimum Gasteiger partial charge on any atom is -0.495 e. The molecule has 1 saturated carbocycles. The first-order valence-electron chi connectivity index (χ1n) is 6.95. The molecule has 5 nitrogen and oxygen atoms in total. The number of nitrogens with zero attached hydrogens (tertiary/aromatic N) is 1. The SMILES string of the molecule is COc1ccccc1NC(=O)N(C)CC1CCCC1O. The Hall–Kier alpha value is -1.75. The number of aliphatic hydroxyl groups is 1. The highest BCUT2D eigenvalue weighted by Gasteiger charge is 2.27. The number of rotatable bonds is 4. The van der Waals surface area contributed by atoms with Gasteiger partial charge < -0.3 is 20.1 Å². The van der Waals surface area contributed by atoms with Crippen LogP contribution in [-0.2, 0) is 0 Å². The van der Waals surface area contributed by atoms with Crippen LogP contribution in [0.5, 0.6) is 5.75 Å². The molecular formula is C15H22N2O3. The lowest BCUT2D eigenvalue weighted by molar-refractivity contribution is 0.116. The Morgan fingerprint density at radius 1 is 1.45 bits per heavy atom. The normalized spacial score (nSPS) is 21.6. The number of hydrogen-bond donors (Lipinski definition) is 2. The molecule has 0 aromatic heterocycles. The topological polar surface area (TPSA) is 61.8 Å². The molecule has 0 saturated heterocycles. The smallest absolute Gasteiger partial charge is 0.321 e. The summed E-state index contributed by atoms with van der Waals surface area (Å²) in [7, 11) is 3.32. The molecule has 2 atom stereocenters. The summed E-state index contributed by atoms with van der Waals surface area (Å²) in [6, 6.07) is 7.12. The third-order valence-corrected chi connectivity index (χ3v) is 3.82. The van der Waals surface area contributed by atoms with E-state index in [1.807, 2.05) is 12.1 Å². The Kier molecular flexibility index (Phi) is 4.84. The van der Waals surface area contributed by atoms with Gasteiger partial charge in [-0.15, -0.1) is 0 Å². The van der Waals surface area contributed by atoms with E-state index in [1.54, 1.807) is 31.2 Å². The number of nitrogens with one attached hydrogen (secondary N) is 1. The molecule has 0 bridgehead atoms. The van der Waals surface area contributed by atoms with Gasteiger partial charge in [0, 0.05) is 19.5 Å². The Morgan fingerprint density at radius 2 is 2.20 bits per heavy atom. The molecule has 0 heterocycles. The van der Waals surface area contributed by atoms with Crippen molar-refractivity contribution in [1.29, 1.82) is 0 Å². The van der Waals surface area contributed by atoms with E-state index in [1.165, 1.54) is 0 Å². The van der Waals surface area contributed by atoms with E-state index < -0.39 is 0 Å². The van der Waals surface area contributed by atoms with Crippen molar-refractivity contribution in [3.8, 4) is 5.75 Å². The maximum Gasteiger partial charge on any atom is 0.321 e. The van der Waals surface area contributed by atoms with Gasteiger partial charge in [-0.2, -0.15) is 0 Å². The first-order valence-corrected chi connectivity index (χ1v) is 6.95. The number of carbonyl (C=O) groups is 1. The van der Waals surface area contributed by atoms with E-state index in [2.05, 4.69) is 5.32 Å². The number of carbonyl (C=O) groups excluding carboxylic acids is 1. The molecule has 1 fully saturated rings. The Morgan fingerprint density at radius 3 is 2.85 bits per heavy atom. The first-order chi connectivity index (χ1) is 9.61. The number of hydrogen-bond acceptors (Lipinski definition) is 3. The number of anilines is 1. The fourth-order valence-corrected chi connectivity index (χ4v) is 2.62. The average Bonchev–Trinajstić information content (AvgIpc) is 2.84. The van der Waals surface area contributed by atoms with Gasteiger partial charge in [-0.3, -0.25) is 0 Å². The fraction of sp³-hybridized carbons (Fsp3) is 0.533. The molecular weight excluding hydrogens is 256 g/mol. The van der Waals surface area contributed by atoms with Crippen molar-refractivity contribution in [2.45, 2.75) is 25.4 Å². The summed E-state index contributed by atoms with van der Waals surface area (Å²) >= 11 is 0. The second-order valence-corrected chi connectivity index (χ2v) is 5.27. The molecule has 1 aliphatic carbocycles. The maximum absolute atomic E-state index is 12.2. The van der Waals surface area contributed by atoms with Gasteiger partial charge in [-0.05, 0) is 25.0 Å². The molecule has 2 N–H and O–H groups in total. The maximum atomic E-state index is 12.2. The molecule has 20 heavy (non-hydrogen) atoms. The fourth-order valence-electron chi connectivity index (χ4n) is 2.62. The lowest BCUT2D eigenvalue weighted by Crippen LogP contribution is -2.37. The second kappa shape index (κ2) is 6.61. The molecule has 0 radical (unpaired) electrons. The first kappa shape index (κ1) is 14.7. The standard InChI is InChI=1S/C15H22N2O3/c1-17(10-11-6-5-8-13(11)18)15(19)16-12-7-3-4-9-14(12)20-2/h3-4,7,9,11,13,18H,5-6,8,10H2,1-2H3,(H,16,19). The van der Waals surface area contributed by atoms with Crippen LogP contribution in [0.2, 0.25) is 0 Å². The zero-order chi connectivity index (χ0) is 14.5. The van der Waals surface area contributed by atoms with Crippen LogP contribution in [0.1, 0.15) is 19.3 Å². The Labute approximate surface area is 119 Å². The molecule has 2 rings (SSSR count). The number of benzene rings is 1. The Bertz CT molecular complexity index is 464. The third kappa shape index (κ3) is 3.42. The van der Waals surface area contributed by atoms with E-state index in [0.29, 0.717) is 18.0 Å². The predicted octanol–water partition coefficient (Wildman–Crippen LogP) is 2.32. The van der Waals surface area contributed by atoms with Gasteiger partial charge in [-0.25, -0.2) is 4.79 Å². The van der Waals surface area contributed by atoms with Crippen molar-refractivity contribution in [2.75, 3.05) is 26.0 Å². The highest BCUT2D eigenvalue weighted by Crippen LogP contribution is 2.27.